The molecule has 1 aromatic carbocycles. The number of alkyl halides is 1. The number of hydrogen-bond acceptors (Lipinski definition) is 2. The Bertz CT molecular complexity index is 478. The second-order valence-electron chi connectivity index (χ2n) is 3.65. The van der Waals surface area contributed by atoms with Gasteiger partial charge in [-0.15, -0.1) is 11.3 Å². The molecule has 90 valence electrons. The van der Waals surface area contributed by atoms with Gasteiger partial charge in [-0.2, -0.15) is 0 Å². The number of benzene rings is 1. The highest BCUT2D eigenvalue weighted by atomic mass is 79.9. The molecule has 0 spiro atoms. The molecular formula is C13H12Br2OS. The molecule has 2 aromatic rings. The van der Waals surface area contributed by atoms with Gasteiger partial charge in [-0.1, -0.05) is 44.0 Å². The van der Waals surface area contributed by atoms with Crippen LogP contribution in [0.25, 0.3) is 0 Å². The molecule has 0 aliphatic rings. The first kappa shape index (κ1) is 13.1. The molecule has 0 amide bonds. The molecule has 1 unspecified atom stereocenters. The number of rotatable bonds is 4. The lowest BCUT2D eigenvalue weighted by atomic mass is 10.1. The lowest BCUT2D eigenvalue weighted by Gasteiger charge is -2.10. The third-order valence-corrected chi connectivity index (χ3v) is 5.11. The zero-order valence-corrected chi connectivity index (χ0v) is 13.3. The fraction of sp³-hybridized carbons (Fsp3) is 0.231. The first-order valence-electron chi connectivity index (χ1n) is 5.20. The van der Waals surface area contributed by atoms with Crippen molar-refractivity contribution in [3.05, 3.63) is 50.6 Å². The summed E-state index contributed by atoms with van der Waals surface area (Å²) in [5.74, 6) is 0.967. The van der Waals surface area contributed by atoms with Crippen LogP contribution in [0, 0.1) is 0 Å². The Labute approximate surface area is 122 Å². The average Bonchev–Trinajstić information content (AvgIpc) is 2.80. The summed E-state index contributed by atoms with van der Waals surface area (Å²) in [6, 6.07) is 10.4. The van der Waals surface area contributed by atoms with Crippen LogP contribution in [0.4, 0.5) is 0 Å². The van der Waals surface area contributed by atoms with Crippen molar-refractivity contribution in [2.45, 2.75) is 11.2 Å². The van der Waals surface area contributed by atoms with Crippen molar-refractivity contribution in [2.24, 2.45) is 0 Å². The van der Waals surface area contributed by atoms with Gasteiger partial charge in [0, 0.05) is 4.47 Å². The molecule has 0 fully saturated rings. The largest absolute Gasteiger partial charge is 0.496 e. The van der Waals surface area contributed by atoms with E-state index in [0.29, 0.717) is 4.83 Å². The van der Waals surface area contributed by atoms with E-state index in [4.69, 9.17) is 4.74 Å². The number of ether oxygens (including phenoxy) is 1. The van der Waals surface area contributed by atoms with Crippen LogP contribution in [0.5, 0.6) is 5.75 Å². The second-order valence-corrected chi connectivity index (χ2v) is 6.62. The molecular weight excluding hydrogens is 364 g/mol. The number of methoxy groups -OCH3 is 1. The summed E-state index contributed by atoms with van der Waals surface area (Å²) in [6.45, 7) is 0. The predicted molar refractivity (Wildman–Crippen MR) is 80.4 cm³/mol. The maximum Gasteiger partial charge on any atom is 0.133 e. The average molecular weight is 376 g/mol. The molecule has 1 atom stereocenters. The summed E-state index contributed by atoms with van der Waals surface area (Å²) < 4.78 is 6.45. The van der Waals surface area contributed by atoms with Crippen LogP contribution in [0.3, 0.4) is 0 Å². The molecule has 4 heteroatoms. The Hall–Kier alpha value is -0.320. The van der Waals surface area contributed by atoms with Crippen molar-refractivity contribution in [2.75, 3.05) is 7.11 Å². The summed E-state index contributed by atoms with van der Waals surface area (Å²) in [5.41, 5.74) is 1.31. The normalized spacial score (nSPS) is 12.4. The van der Waals surface area contributed by atoms with Crippen molar-refractivity contribution in [1.82, 2.24) is 0 Å². The highest BCUT2D eigenvalue weighted by Crippen LogP contribution is 2.37. The van der Waals surface area contributed by atoms with Gasteiger partial charge in [0.25, 0.3) is 0 Å². The van der Waals surface area contributed by atoms with Crippen molar-refractivity contribution < 1.29 is 4.74 Å². The fourth-order valence-corrected chi connectivity index (χ4v) is 3.65. The minimum absolute atomic E-state index is 0.304. The van der Waals surface area contributed by atoms with Gasteiger partial charge in [0.2, 0.25) is 0 Å². The molecule has 0 aliphatic heterocycles. The van der Waals surface area contributed by atoms with Gasteiger partial charge in [-0.3, -0.25) is 0 Å². The van der Waals surface area contributed by atoms with E-state index in [9.17, 15) is 0 Å². The first-order chi connectivity index (χ1) is 8.20. The standard InChI is InChI=1S/C13H12Br2OS/c1-16-12-6-7-17-13(12)11(15)8-9-2-4-10(14)5-3-9/h2-7,11H,8H2,1H3. The molecule has 1 heterocycles. The smallest absolute Gasteiger partial charge is 0.133 e. The van der Waals surface area contributed by atoms with E-state index < -0.39 is 0 Å². The maximum absolute atomic E-state index is 5.34. The number of thiophene rings is 1. The van der Waals surface area contributed by atoms with Gasteiger partial charge < -0.3 is 4.74 Å². The number of halogens is 2. The van der Waals surface area contributed by atoms with Crippen LogP contribution >= 0.6 is 43.2 Å². The van der Waals surface area contributed by atoms with E-state index in [2.05, 4.69) is 61.5 Å². The molecule has 0 N–H and O–H groups in total. The SMILES string of the molecule is COc1ccsc1C(Br)Cc1ccc(Br)cc1. The molecule has 0 bridgehead atoms. The van der Waals surface area contributed by atoms with E-state index in [0.717, 1.165) is 16.6 Å². The highest BCUT2D eigenvalue weighted by Gasteiger charge is 2.15. The van der Waals surface area contributed by atoms with Crippen LogP contribution in [-0.2, 0) is 6.42 Å². The molecule has 0 saturated carbocycles. The van der Waals surface area contributed by atoms with Gasteiger partial charge in [-0.05, 0) is 35.6 Å². The summed E-state index contributed by atoms with van der Waals surface area (Å²) in [5, 5.41) is 2.06. The van der Waals surface area contributed by atoms with Gasteiger partial charge in [-0.25, -0.2) is 0 Å². The highest BCUT2D eigenvalue weighted by molar-refractivity contribution is 9.10. The first-order valence-corrected chi connectivity index (χ1v) is 7.79. The quantitative estimate of drug-likeness (QED) is 0.667. The Morgan fingerprint density at radius 3 is 2.59 bits per heavy atom. The maximum atomic E-state index is 5.34. The van der Waals surface area contributed by atoms with Crippen LogP contribution < -0.4 is 4.74 Å². The van der Waals surface area contributed by atoms with Crippen LogP contribution in [-0.4, -0.2) is 7.11 Å². The van der Waals surface area contributed by atoms with Crippen molar-refractivity contribution in [3.63, 3.8) is 0 Å². The van der Waals surface area contributed by atoms with Crippen LogP contribution in [0.1, 0.15) is 15.3 Å². The molecule has 0 aliphatic carbocycles. The zero-order chi connectivity index (χ0) is 12.3. The van der Waals surface area contributed by atoms with Crippen molar-refractivity contribution in [3.8, 4) is 5.75 Å². The Morgan fingerprint density at radius 1 is 1.24 bits per heavy atom. The van der Waals surface area contributed by atoms with E-state index in [-0.39, 0.29) is 0 Å². The fourth-order valence-electron chi connectivity index (χ4n) is 1.63. The summed E-state index contributed by atoms with van der Waals surface area (Å²) >= 11 is 8.90. The molecule has 1 aromatic heterocycles. The summed E-state index contributed by atoms with van der Waals surface area (Å²) in [6.07, 6.45) is 0.962. The minimum Gasteiger partial charge on any atom is -0.496 e. The third-order valence-electron chi connectivity index (χ3n) is 2.49. The Balaban J connectivity index is 2.11. The van der Waals surface area contributed by atoms with E-state index in [1.807, 2.05) is 6.07 Å². The van der Waals surface area contributed by atoms with E-state index in [1.54, 1.807) is 18.4 Å². The summed E-state index contributed by atoms with van der Waals surface area (Å²) in [7, 11) is 1.71. The van der Waals surface area contributed by atoms with Crippen LogP contribution in [0.15, 0.2) is 40.2 Å². The van der Waals surface area contributed by atoms with Crippen LogP contribution in [0.2, 0.25) is 0 Å². The van der Waals surface area contributed by atoms with E-state index >= 15 is 0 Å². The monoisotopic (exact) mass is 374 g/mol. The predicted octanol–water partition coefficient (Wildman–Crippen LogP) is 5.20. The minimum atomic E-state index is 0.304. The van der Waals surface area contributed by atoms with Gasteiger partial charge in [0.15, 0.2) is 0 Å². The van der Waals surface area contributed by atoms with Gasteiger partial charge >= 0.3 is 0 Å². The molecule has 1 nitrogen and oxygen atoms in total. The molecule has 17 heavy (non-hydrogen) atoms. The molecule has 0 saturated heterocycles. The van der Waals surface area contributed by atoms with Crippen molar-refractivity contribution in [1.29, 1.82) is 0 Å². The Kier molecular flexibility index (Phi) is 4.65. The second kappa shape index (κ2) is 6.03. The van der Waals surface area contributed by atoms with Gasteiger partial charge in [0.05, 0.1) is 16.8 Å². The summed E-state index contributed by atoms with van der Waals surface area (Å²) in [4.78, 5) is 1.55. The topological polar surface area (TPSA) is 9.23 Å². The third kappa shape index (κ3) is 3.33. The zero-order valence-electron chi connectivity index (χ0n) is 9.32. The van der Waals surface area contributed by atoms with Gasteiger partial charge in [0.1, 0.15) is 5.75 Å². The lowest BCUT2D eigenvalue weighted by Crippen LogP contribution is -1.95. The lowest BCUT2D eigenvalue weighted by molar-refractivity contribution is 0.412. The molecule has 0 radical (unpaired) electrons. The number of hydrogen-bond donors (Lipinski definition) is 0. The van der Waals surface area contributed by atoms with Crippen molar-refractivity contribution >= 4 is 43.2 Å². The Morgan fingerprint density at radius 2 is 1.94 bits per heavy atom. The molecule has 2 rings (SSSR count). The van der Waals surface area contributed by atoms with E-state index in [1.165, 1.54) is 10.4 Å².